The number of hydrogen-bond acceptors (Lipinski definition) is 8. The van der Waals surface area contributed by atoms with Crippen molar-refractivity contribution < 1.29 is 38.1 Å². The van der Waals surface area contributed by atoms with Crippen LogP contribution in [-0.4, -0.2) is 50.9 Å². The van der Waals surface area contributed by atoms with E-state index in [9.17, 15) is 14.4 Å². The first kappa shape index (κ1) is 34.3. The summed E-state index contributed by atoms with van der Waals surface area (Å²) in [6.45, 7) is 4.72. The molecule has 0 bridgehead atoms. The monoisotopic (exact) mass is 604 g/mol. The van der Waals surface area contributed by atoms with Crippen LogP contribution < -0.4 is 9.47 Å². The molecule has 236 valence electrons. The van der Waals surface area contributed by atoms with E-state index in [1.54, 1.807) is 12.1 Å². The molecule has 0 N–H and O–H groups in total. The van der Waals surface area contributed by atoms with E-state index >= 15 is 0 Å². The van der Waals surface area contributed by atoms with Crippen LogP contribution in [0.1, 0.15) is 85.9 Å². The Balaban J connectivity index is 1.42. The van der Waals surface area contributed by atoms with Crippen molar-refractivity contribution in [1.29, 1.82) is 0 Å². The number of benzene rings is 3. The van der Waals surface area contributed by atoms with Gasteiger partial charge in [0.15, 0.2) is 6.10 Å². The summed E-state index contributed by atoms with van der Waals surface area (Å²) in [5, 5.41) is 0. The van der Waals surface area contributed by atoms with Gasteiger partial charge < -0.3 is 23.7 Å². The third kappa shape index (κ3) is 11.8. The molecule has 0 saturated carbocycles. The van der Waals surface area contributed by atoms with Crippen molar-refractivity contribution >= 4 is 17.9 Å². The van der Waals surface area contributed by atoms with Crippen LogP contribution >= 0.6 is 0 Å². The molecule has 0 fully saturated rings. The minimum absolute atomic E-state index is 0.0714. The van der Waals surface area contributed by atoms with E-state index in [4.69, 9.17) is 23.7 Å². The maximum Gasteiger partial charge on any atom is 0.347 e. The van der Waals surface area contributed by atoms with Gasteiger partial charge >= 0.3 is 17.9 Å². The second-order valence-electron chi connectivity index (χ2n) is 10.5. The molecule has 3 rings (SSSR count). The van der Waals surface area contributed by atoms with Gasteiger partial charge in [0.1, 0.15) is 18.1 Å². The molecule has 0 aliphatic rings. The van der Waals surface area contributed by atoms with Crippen molar-refractivity contribution in [1.82, 2.24) is 0 Å². The average Bonchev–Trinajstić information content (AvgIpc) is 3.04. The Hall–Kier alpha value is -4.17. The van der Waals surface area contributed by atoms with Crippen LogP contribution in [0, 0.1) is 0 Å². The molecule has 0 aliphatic carbocycles. The summed E-state index contributed by atoms with van der Waals surface area (Å²) < 4.78 is 26.3. The van der Waals surface area contributed by atoms with Gasteiger partial charge in [-0.1, -0.05) is 76.1 Å². The molecule has 0 radical (unpaired) electrons. The van der Waals surface area contributed by atoms with Crippen LogP contribution in [-0.2, 0) is 19.0 Å². The van der Waals surface area contributed by atoms with E-state index < -0.39 is 24.0 Å². The number of hydrogen-bond donors (Lipinski definition) is 0. The summed E-state index contributed by atoms with van der Waals surface area (Å²) in [4.78, 5) is 36.9. The maximum atomic E-state index is 12.7. The molecule has 1 unspecified atom stereocenters. The Kier molecular flexibility index (Phi) is 15.0. The molecule has 8 nitrogen and oxygen atoms in total. The van der Waals surface area contributed by atoms with E-state index in [0.717, 1.165) is 29.9 Å². The highest BCUT2D eigenvalue weighted by atomic mass is 16.6. The average molecular weight is 605 g/mol. The first-order valence-corrected chi connectivity index (χ1v) is 15.4. The highest BCUT2D eigenvalue weighted by molar-refractivity contribution is 5.93. The molecule has 0 saturated heterocycles. The van der Waals surface area contributed by atoms with E-state index in [1.165, 1.54) is 83.2 Å². The molecule has 3 aromatic rings. The third-order valence-corrected chi connectivity index (χ3v) is 7.02. The molecular formula is C36H44O8. The topological polar surface area (TPSA) is 97.4 Å². The van der Waals surface area contributed by atoms with Gasteiger partial charge in [-0.25, -0.2) is 14.4 Å². The lowest BCUT2D eigenvalue weighted by molar-refractivity contribution is -0.154. The summed E-state index contributed by atoms with van der Waals surface area (Å²) in [5.41, 5.74) is 2.58. The van der Waals surface area contributed by atoms with Crippen molar-refractivity contribution in [2.75, 3.05) is 26.9 Å². The predicted octanol–water partition coefficient (Wildman–Crippen LogP) is 7.83. The molecule has 0 amide bonds. The van der Waals surface area contributed by atoms with Crippen molar-refractivity contribution in [2.24, 2.45) is 0 Å². The summed E-state index contributed by atoms with van der Waals surface area (Å²) >= 11 is 0. The fourth-order valence-electron chi connectivity index (χ4n) is 4.41. The molecule has 0 aliphatic heterocycles. The standard InChI is InChI=1S/C36H44O8/c1-4-5-6-7-8-9-10-11-24-41-32-20-16-29(17-21-32)28-12-14-30(15-13-28)36(39)44-33-22-18-31(19-23-33)35(38)43-27(2)34(37)42-26-25-40-3/h12-23,27H,4-11,24-26H2,1-3H3. The normalized spacial score (nSPS) is 11.4. The molecule has 8 heteroatoms. The number of carbonyl (C=O) groups is 3. The van der Waals surface area contributed by atoms with E-state index in [2.05, 4.69) is 6.92 Å². The summed E-state index contributed by atoms with van der Waals surface area (Å²) in [6, 6.07) is 21.0. The largest absolute Gasteiger partial charge is 0.494 e. The molecule has 3 aromatic carbocycles. The highest BCUT2D eigenvalue weighted by Gasteiger charge is 2.20. The molecule has 0 aromatic heterocycles. The third-order valence-electron chi connectivity index (χ3n) is 7.02. The molecule has 1 atom stereocenters. The number of rotatable bonds is 19. The fourth-order valence-corrected chi connectivity index (χ4v) is 4.41. The van der Waals surface area contributed by atoms with Gasteiger partial charge in [-0.2, -0.15) is 0 Å². The lowest BCUT2D eigenvalue weighted by Gasteiger charge is -2.13. The number of methoxy groups -OCH3 is 1. The van der Waals surface area contributed by atoms with Crippen LogP contribution in [0.3, 0.4) is 0 Å². The Bertz CT molecular complexity index is 1280. The van der Waals surface area contributed by atoms with E-state index in [-0.39, 0.29) is 24.5 Å². The van der Waals surface area contributed by atoms with E-state index in [1.807, 2.05) is 36.4 Å². The Morgan fingerprint density at radius 2 is 1.14 bits per heavy atom. The smallest absolute Gasteiger partial charge is 0.347 e. The Labute approximate surface area is 260 Å². The maximum absolute atomic E-state index is 12.7. The van der Waals surface area contributed by atoms with Gasteiger partial charge in [-0.15, -0.1) is 0 Å². The van der Waals surface area contributed by atoms with Crippen molar-refractivity contribution in [2.45, 2.75) is 71.3 Å². The van der Waals surface area contributed by atoms with Crippen LogP contribution in [0.25, 0.3) is 11.1 Å². The first-order chi connectivity index (χ1) is 21.4. The lowest BCUT2D eigenvalue weighted by atomic mass is 10.0. The number of esters is 3. The van der Waals surface area contributed by atoms with Crippen LogP contribution in [0.5, 0.6) is 11.5 Å². The Morgan fingerprint density at radius 1 is 0.614 bits per heavy atom. The number of carbonyl (C=O) groups excluding carboxylic acids is 3. The first-order valence-electron chi connectivity index (χ1n) is 15.4. The van der Waals surface area contributed by atoms with Gasteiger partial charge in [0, 0.05) is 7.11 Å². The van der Waals surface area contributed by atoms with Gasteiger partial charge in [0.2, 0.25) is 0 Å². The summed E-state index contributed by atoms with van der Waals surface area (Å²) in [7, 11) is 1.49. The van der Waals surface area contributed by atoms with Crippen LogP contribution in [0.2, 0.25) is 0 Å². The molecular weight excluding hydrogens is 560 g/mol. The van der Waals surface area contributed by atoms with Crippen molar-refractivity contribution in [3.8, 4) is 22.6 Å². The van der Waals surface area contributed by atoms with Crippen LogP contribution in [0.4, 0.5) is 0 Å². The SMILES string of the molecule is CCCCCCCCCCOc1ccc(-c2ccc(C(=O)Oc3ccc(C(=O)OC(C)C(=O)OCCOC)cc3)cc2)cc1. The summed E-state index contributed by atoms with van der Waals surface area (Å²) in [6.07, 6.45) is 9.09. The van der Waals surface area contributed by atoms with Gasteiger partial charge in [-0.05, 0) is 73.0 Å². The van der Waals surface area contributed by atoms with Crippen molar-refractivity contribution in [3.63, 3.8) is 0 Å². The Morgan fingerprint density at radius 3 is 1.75 bits per heavy atom. The number of unbranched alkanes of at least 4 members (excludes halogenated alkanes) is 7. The van der Waals surface area contributed by atoms with E-state index in [0.29, 0.717) is 5.56 Å². The second-order valence-corrected chi connectivity index (χ2v) is 10.5. The van der Waals surface area contributed by atoms with Crippen LogP contribution in [0.15, 0.2) is 72.8 Å². The quantitative estimate of drug-likeness (QED) is 0.0776. The zero-order valence-electron chi connectivity index (χ0n) is 26.0. The fraction of sp³-hybridized carbons (Fsp3) is 0.417. The summed E-state index contributed by atoms with van der Waals surface area (Å²) in [5.74, 6) is -0.763. The molecule has 0 spiro atoms. The zero-order valence-corrected chi connectivity index (χ0v) is 26.0. The molecule has 44 heavy (non-hydrogen) atoms. The van der Waals surface area contributed by atoms with Gasteiger partial charge in [0.25, 0.3) is 0 Å². The minimum Gasteiger partial charge on any atom is -0.494 e. The van der Waals surface area contributed by atoms with Gasteiger partial charge in [-0.3, -0.25) is 0 Å². The zero-order chi connectivity index (χ0) is 31.6. The minimum atomic E-state index is -1.07. The molecule has 0 heterocycles. The van der Waals surface area contributed by atoms with Gasteiger partial charge in [0.05, 0.1) is 24.3 Å². The van der Waals surface area contributed by atoms with Crippen molar-refractivity contribution in [3.05, 3.63) is 83.9 Å². The number of ether oxygens (including phenoxy) is 5. The lowest BCUT2D eigenvalue weighted by Crippen LogP contribution is -2.27. The highest BCUT2D eigenvalue weighted by Crippen LogP contribution is 2.24. The predicted molar refractivity (Wildman–Crippen MR) is 169 cm³/mol. The second kappa shape index (κ2) is 19.2.